The Bertz CT molecular complexity index is 486. The Morgan fingerprint density at radius 3 is 2.68 bits per heavy atom. The summed E-state index contributed by atoms with van der Waals surface area (Å²) in [5.41, 5.74) is 1.06. The average Bonchev–Trinajstić information content (AvgIpc) is 2.81. The Morgan fingerprint density at radius 1 is 1.37 bits per heavy atom. The number of benzene rings is 1. The molecule has 0 bridgehead atoms. The fraction of sp³-hybridized carbons (Fsp3) is 0.429. The van der Waals surface area contributed by atoms with Crippen LogP contribution in [-0.4, -0.2) is 30.6 Å². The second-order valence-corrected chi connectivity index (χ2v) is 5.16. The van der Waals surface area contributed by atoms with E-state index >= 15 is 0 Å². The van der Waals surface area contributed by atoms with Gasteiger partial charge in [0.2, 0.25) is 5.91 Å². The predicted molar refractivity (Wildman–Crippen MR) is 71.8 cm³/mol. The Balaban J connectivity index is 2.02. The molecule has 19 heavy (non-hydrogen) atoms. The molecule has 102 valence electrons. The number of para-hydroxylation sites is 1. The van der Waals surface area contributed by atoms with Gasteiger partial charge in [-0.1, -0.05) is 18.2 Å². The number of hydrogen-bond donors (Lipinski definition) is 2. The van der Waals surface area contributed by atoms with Gasteiger partial charge in [0, 0.05) is 12.1 Å². The van der Waals surface area contributed by atoms with Crippen LogP contribution in [0.5, 0.6) is 0 Å². The van der Waals surface area contributed by atoms with Gasteiger partial charge < -0.3 is 15.4 Å². The summed E-state index contributed by atoms with van der Waals surface area (Å²) >= 11 is 0. The smallest absolute Gasteiger partial charge is 0.330 e. The number of amides is 1. The summed E-state index contributed by atoms with van der Waals surface area (Å²) in [4.78, 5) is 23.7. The van der Waals surface area contributed by atoms with Crippen LogP contribution in [-0.2, 0) is 20.7 Å². The van der Waals surface area contributed by atoms with Gasteiger partial charge in [-0.3, -0.25) is 4.79 Å². The van der Waals surface area contributed by atoms with Crippen LogP contribution in [0.4, 0.5) is 5.69 Å². The second-order valence-electron chi connectivity index (χ2n) is 5.16. The normalized spacial score (nSPS) is 17.3. The first kappa shape index (κ1) is 13.4. The molecule has 1 atom stereocenters. The van der Waals surface area contributed by atoms with Gasteiger partial charge in [0.05, 0.1) is 7.11 Å². The van der Waals surface area contributed by atoms with Gasteiger partial charge in [0.25, 0.3) is 0 Å². The predicted octanol–water partition coefficient (Wildman–Crippen LogP) is 1.09. The van der Waals surface area contributed by atoms with Gasteiger partial charge in [0.15, 0.2) is 0 Å². The molecule has 2 rings (SSSR count). The van der Waals surface area contributed by atoms with E-state index in [1.807, 2.05) is 24.3 Å². The lowest BCUT2D eigenvalue weighted by Crippen LogP contribution is -2.54. The zero-order valence-corrected chi connectivity index (χ0v) is 11.3. The maximum atomic E-state index is 12.2. The van der Waals surface area contributed by atoms with Gasteiger partial charge in [-0.05, 0) is 25.5 Å². The van der Waals surface area contributed by atoms with E-state index in [9.17, 15) is 9.59 Å². The van der Waals surface area contributed by atoms with Crippen LogP contribution in [0.2, 0.25) is 0 Å². The van der Waals surface area contributed by atoms with Crippen molar-refractivity contribution < 1.29 is 14.3 Å². The fourth-order valence-corrected chi connectivity index (χ4v) is 2.16. The summed E-state index contributed by atoms with van der Waals surface area (Å²) in [6.45, 7) is 3.25. The number of methoxy groups -OCH3 is 1. The summed E-state index contributed by atoms with van der Waals surface area (Å²) in [6, 6.07) is 7.44. The lowest BCUT2D eigenvalue weighted by Gasteiger charge is -2.25. The van der Waals surface area contributed by atoms with Gasteiger partial charge in [-0.2, -0.15) is 0 Å². The van der Waals surface area contributed by atoms with Crippen LogP contribution in [0, 0.1) is 0 Å². The third-order valence-corrected chi connectivity index (χ3v) is 3.22. The van der Waals surface area contributed by atoms with Crippen LogP contribution in [0.3, 0.4) is 0 Å². The van der Waals surface area contributed by atoms with Crippen molar-refractivity contribution in [1.82, 2.24) is 5.32 Å². The zero-order chi connectivity index (χ0) is 14.0. The molecule has 5 heteroatoms. The molecule has 1 aromatic carbocycles. The minimum Gasteiger partial charge on any atom is -0.467 e. The highest BCUT2D eigenvalue weighted by molar-refractivity contribution is 5.92. The van der Waals surface area contributed by atoms with E-state index in [0.29, 0.717) is 6.42 Å². The molecule has 1 heterocycles. The van der Waals surface area contributed by atoms with Crippen LogP contribution in [0.25, 0.3) is 0 Å². The van der Waals surface area contributed by atoms with Crippen molar-refractivity contribution in [2.75, 3.05) is 12.4 Å². The highest BCUT2D eigenvalue weighted by Gasteiger charge is 2.34. The van der Waals surface area contributed by atoms with E-state index in [4.69, 9.17) is 0 Å². The molecule has 1 unspecified atom stereocenters. The number of carbonyl (C=O) groups excluding carboxylic acids is 2. The first-order chi connectivity index (χ1) is 8.94. The van der Waals surface area contributed by atoms with Gasteiger partial charge in [0.1, 0.15) is 11.6 Å². The average molecular weight is 262 g/mol. The molecule has 0 spiro atoms. The summed E-state index contributed by atoms with van der Waals surface area (Å²) in [6.07, 6.45) is 0.624. The van der Waals surface area contributed by atoms with E-state index in [2.05, 4.69) is 15.4 Å². The highest BCUT2D eigenvalue weighted by atomic mass is 16.5. The lowest BCUT2D eigenvalue weighted by atomic mass is 10.0. The SMILES string of the molecule is COC(=O)C(C)(C)NC(=O)C1Cc2ccccc2N1. The summed E-state index contributed by atoms with van der Waals surface area (Å²) in [5, 5.41) is 5.86. The Labute approximate surface area is 112 Å². The van der Waals surface area contributed by atoms with Gasteiger partial charge >= 0.3 is 5.97 Å². The Morgan fingerprint density at radius 2 is 2.05 bits per heavy atom. The van der Waals surface area contributed by atoms with E-state index < -0.39 is 11.5 Å². The first-order valence-corrected chi connectivity index (χ1v) is 6.19. The third-order valence-electron chi connectivity index (χ3n) is 3.22. The molecule has 1 aliphatic rings. The molecule has 0 aliphatic carbocycles. The number of esters is 1. The van der Waals surface area contributed by atoms with Crippen molar-refractivity contribution in [3.8, 4) is 0 Å². The van der Waals surface area contributed by atoms with Crippen LogP contribution >= 0.6 is 0 Å². The van der Waals surface area contributed by atoms with Crippen LogP contribution in [0.1, 0.15) is 19.4 Å². The maximum absolute atomic E-state index is 12.2. The van der Waals surface area contributed by atoms with E-state index in [0.717, 1.165) is 11.3 Å². The number of ether oxygens (including phenoxy) is 1. The number of carbonyl (C=O) groups is 2. The molecule has 1 amide bonds. The Kier molecular flexibility index (Phi) is 3.46. The number of anilines is 1. The monoisotopic (exact) mass is 262 g/mol. The van der Waals surface area contributed by atoms with Crippen molar-refractivity contribution in [3.05, 3.63) is 29.8 Å². The topological polar surface area (TPSA) is 67.4 Å². The summed E-state index contributed by atoms with van der Waals surface area (Å²) < 4.78 is 4.67. The fourth-order valence-electron chi connectivity index (χ4n) is 2.16. The molecule has 2 N–H and O–H groups in total. The number of fused-ring (bicyclic) bond motifs is 1. The van der Waals surface area contributed by atoms with E-state index in [-0.39, 0.29) is 11.9 Å². The van der Waals surface area contributed by atoms with E-state index in [1.165, 1.54) is 7.11 Å². The van der Waals surface area contributed by atoms with Crippen LogP contribution < -0.4 is 10.6 Å². The minimum absolute atomic E-state index is 0.202. The van der Waals surface area contributed by atoms with Gasteiger partial charge in [-0.25, -0.2) is 4.79 Å². The van der Waals surface area contributed by atoms with Gasteiger partial charge in [-0.15, -0.1) is 0 Å². The molecular weight excluding hydrogens is 244 g/mol. The van der Waals surface area contributed by atoms with Crippen LogP contribution in [0.15, 0.2) is 24.3 Å². The molecule has 0 saturated carbocycles. The molecule has 0 aromatic heterocycles. The number of nitrogens with one attached hydrogen (secondary N) is 2. The third kappa shape index (κ3) is 2.70. The minimum atomic E-state index is -1.03. The van der Waals surface area contributed by atoms with E-state index in [1.54, 1.807) is 13.8 Å². The molecule has 5 nitrogen and oxygen atoms in total. The molecular formula is C14H18N2O3. The molecule has 1 aliphatic heterocycles. The summed E-state index contributed by atoms with van der Waals surface area (Å²) in [5.74, 6) is -0.664. The first-order valence-electron chi connectivity index (χ1n) is 6.19. The summed E-state index contributed by atoms with van der Waals surface area (Å²) in [7, 11) is 1.31. The zero-order valence-electron chi connectivity index (χ0n) is 11.3. The van der Waals surface area contributed by atoms with Crippen molar-refractivity contribution in [2.24, 2.45) is 0 Å². The standard InChI is InChI=1S/C14H18N2O3/c1-14(2,13(18)19-3)16-12(17)11-8-9-6-4-5-7-10(9)15-11/h4-7,11,15H,8H2,1-3H3,(H,16,17). The van der Waals surface area contributed by atoms with Crippen molar-refractivity contribution >= 4 is 17.6 Å². The molecule has 0 fully saturated rings. The highest BCUT2D eigenvalue weighted by Crippen LogP contribution is 2.25. The molecule has 0 radical (unpaired) electrons. The quantitative estimate of drug-likeness (QED) is 0.800. The molecule has 0 saturated heterocycles. The lowest BCUT2D eigenvalue weighted by molar-refractivity contribution is -0.149. The maximum Gasteiger partial charge on any atom is 0.330 e. The largest absolute Gasteiger partial charge is 0.467 e. The second kappa shape index (κ2) is 4.91. The molecule has 1 aromatic rings. The number of hydrogen-bond acceptors (Lipinski definition) is 4. The van der Waals surface area contributed by atoms with Crippen molar-refractivity contribution in [2.45, 2.75) is 31.8 Å². The van der Waals surface area contributed by atoms with Crippen molar-refractivity contribution in [3.63, 3.8) is 0 Å². The number of rotatable bonds is 3. The Hall–Kier alpha value is -2.04. The van der Waals surface area contributed by atoms with Crippen molar-refractivity contribution in [1.29, 1.82) is 0 Å².